The van der Waals surface area contributed by atoms with Crippen molar-refractivity contribution in [1.82, 2.24) is 14.8 Å². The molecule has 0 bridgehead atoms. The second-order valence-corrected chi connectivity index (χ2v) is 10.4. The molecule has 1 N–H and O–H groups in total. The summed E-state index contributed by atoms with van der Waals surface area (Å²) < 4.78 is 45.1. The molecule has 0 spiro atoms. The van der Waals surface area contributed by atoms with Gasteiger partial charge in [-0.05, 0) is 61.7 Å². The van der Waals surface area contributed by atoms with Crippen LogP contribution in [-0.2, 0) is 27.6 Å². The first-order valence-corrected chi connectivity index (χ1v) is 13.2. The van der Waals surface area contributed by atoms with Gasteiger partial charge in [-0.2, -0.15) is 0 Å². The Morgan fingerprint density at radius 2 is 1.91 bits per heavy atom. The number of anilines is 1. The standard InChI is InChI=1S/C24H27FN4O4S/c1-34(31,32)19-11-9-18(10-12-19)33-15-5-7-23(30)26-17-8-13-21(25)20(16-17)24-28-27-22-6-3-2-4-14-29(22)24/h8-13,16H,2-7,14-15H2,1H3,(H,26,30). The highest BCUT2D eigenvalue weighted by molar-refractivity contribution is 7.90. The van der Waals surface area contributed by atoms with Gasteiger partial charge in [-0.1, -0.05) is 6.42 Å². The molecule has 4 rings (SSSR count). The number of aryl methyl sites for hydroxylation is 1. The van der Waals surface area contributed by atoms with E-state index in [9.17, 15) is 17.6 Å². The Bertz CT molecular complexity index is 1270. The van der Waals surface area contributed by atoms with Gasteiger partial charge in [0, 0.05) is 31.3 Å². The van der Waals surface area contributed by atoms with Crippen LogP contribution in [-0.4, -0.2) is 42.0 Å². The number of rotatable bonds is 8. The third-order valence-electron chi connectivity index (χ3n) is 5.67. The molecule has 8 nitrogen and oxygen atoms in total. The maximum Gasteiger partial charge on any atom is 0.224 e. The molecular weight excluding hydrogens is 459 g/mol. The maximum absolute atomic E-state index is 14.6. The van der Waals surface area contributed by atoms with Gasteiger partial charge >= 0.3 is 0 Å². The van der Waals surface area contributed by atoms with Crippen molar-refractivity contribution in [2.75, 3.05) is 18.2 Å². The summed E-state index contributed by atoms with van der Waals surface area (Å²) in [5.41, 5.74) is 0.809. The van der Waals surface area contributed by atoms with Crippen LogP contribution in [0.15, 0.2) is 47.4 Å². The summed E-state index contributed by atoms with van der Waals surface area (Å²) in [6.07, 6.45) is 5.81. The molecule has 1 aliphatic heterocycles. The molecule has 0 fully saturated rings. The smallest absolute Gasteiger partial charge is 0.224 e. The number of ether oxygens (including phenoxy) is 1. The number of nitrogens with one attached hydrogen (secondary N) is 1. The van der Waals surface area contributed by atoms with E-state index in [0.717, 1.165) is 44.3 Å². The van der Waals surface area contributed by atoms with E-state index < -0.39 is 15.7 Å². The highest BCUT2D eigenvalue weighted by atomic mass is 32.2. The molecule has 0 saturated carbocycles. The van der Waals surface area contributed by atoms with Crippen LogP contribution in [0.3, 0.4) is 0 Å². The van der Waals surface area contributed by atoms with Crippen molar-refractivity contribution < 1.29 is 22.3 Å². The Balaban J connectivity index is 1.32. The molecule has 3 aromatic rings. The van der Waals surface area contributed by atoms with E-state index in [0.29, 0.717) is 35.9 Å². The number of fused-ring (bicyclic) bond motifs is 1. The number of nitrogens with zero attached hydrogens (tertiary/aromatic N) is 3. The van der Waals surface area contributed by atoms with Crippen molar-refractivity contribution in [2.24, 2.45) is 0 Å². The first kappa shape index (κ1) is 23.9. The Morgan fingerprint density at radius 3 is 2.68 bits per heavy atom. The van der Waals surface area contributed by atoms with Gasteiger partial charge in [0.15, 0.2) is 15.7 Å². The van der Waals surface area contributed by atoms with Gasteiger partial charge in [0.1, 0.15) is 17.4 Å². The van der Waals surface area contributed by atoms with Crippen LogP contribution in [0, 0.1) is 5.82 Å². The van der Waals surface area contributed by atoms with Crippen molar-refractivity contribution in [1.29, 1.82) is 0 Å². The third kappa shape index (κ3) is 5.80. The number of hydrogen-bond acceptors (Lipinski definition) is 6. The molecule has 34 heavy (non-hydrogen) atoms. The van der Waals surface area contributed by atoms with E-state index in [-0.39, 0.29) is 17.2 Å². The van der Waals surface area contributed by atoms with E-state index in [1.807, 2.05) is 4.57 Å². The predicted molar refractivity (Wildman–Crippen MR) is 126 cm³/mol. The van der Waals surface area contributed by atoms with Crippen LogP contribution < -0.4 is 10.1 Å². The third-order valence-corrected chi connectivity index (χ3v) is 6.80. The Hall–Kier alpha value is -3.27. The quantitative estimate of drug-likeness (QED) is 0.483. The zero-order chi connectivity index (χ0) is 24.1. The number of carbonyl (C=O) groups is 1. The molecule has 2 aromatic carbocycles. The SMILES string of the molecule is CS(=O)(=O)c1ccc(OCCCC(=O)Nc2ccc(F)c(-c3nnc4n3CCCCC4)c2)cc1. The van der Waals surface area contributed by atoms with Crippen molar-refractivity contribution in [3.63, 3.8) is 0 Å². The van der Waals surface area contributed by atoms with E-state index in [1.54, 1.807) is 18.2 Å². The van der Waals surface area contributed by atoms with Crippen LogP contribution in [0.25, 0.3) is 11.4 Å². The fourth-order valence-electron chi connectivity index (χ4n) is 3.89. The number of benzene rings is 2. The molecule has 0 atom stereocenters. The van der Waals surface area contributed by atoms with Gasteiger partial charge in [0.05, 0.1) is 17.1 Å². The number of halogens is 1. The van der Waals surface area contributed by atoms with Gasteiger partial charge in [-0.15, -0.1) is 10.2 Å². The second-order valence-electron chi connectivity index (χ2n) is 8.34. The minimum Gasteiger partial charge on any atom is -0.494 e. The van der Waals surface area contributed by atoms with Gasteiger partial charge in [-0.25, -0.2) is 12.8 Å². The zero-order valence-electron chi connectivity index (χ0n) is 19.0. The monoisotopic (exact) mass is 486 g/mol. The Morgan fingerprint density at radius 1 is 1.12 bits per heavy atom. The van der Waals surface area contributed by atoms with Crippen molar-refractivity contribution >= 4 is 21.4 Å². The first-order chi connectivity index (χ1) is 16.3. The molecule has 0 unspecified atom stereocenters. The lowest BCUT2D eigenvalue weighted by molar-refractivity contribution is -0.116. The molecule has 0 aliphatic carbocycles. The number of amides is 1. The summed E-state index contributed by atoms with van der Waals surface area (Å²) in [5, 5.41) is 11.2. The van der Waals surface area contributed by atoms with Crippen molar-refractivity contribution in [3.8, 4) is 17.1 Å². The Kier molecular flexibility index (Phi) is 7.26. The first-order valence-electron chi connectivity index (χ1n) is 11.3. The predicted octanol–water partition coefficient (Wildman–Crippen LogP) is 4.01. The van der Waals surface area contributed by atoms with Gasteiger partial charge in [0.25, 0.3) is 0 Å². The van der Waals surface area contributed by atoms with E-state index >= 15 is 0 Å². The van der Waals surface area contributed by atoms with E-state index in [4.69, 9.17) is 4.74 Å². The Labute approximate surface area is 198 Å². The van der Waals surface area contributed by atoms with E-state index in [1.165, 1.54) is 24.3 Å². The molecule has 1 aromatic heterocycles. The van der Waals surface area contributed by atoms with Gasteiger partial charge < -0.3 is 14.6 Å². The zero-order valence-corrected chi connectivity index (χ0v) is 19.8. The normalized spacial score (nSPS) is 13.7. The van der Waals surface area contributed by atoms with Crippen molar-refractivity contribution in [3.05, 3.63) is 54.1 Å². The summed E-state index contributed by atoms with van der Waals surface area (Å²) in [6, 6.07) is 10.6. The molecule has 10 heteroatoms. The number of hydrogen-bond donors (Lipinski definition) is 1. The fraction of sp³-hybridized carbons (Fsp3) is 0.375. The van der Waals surface area contributed by atoms with Crippen LogP contribution >= 0.6 is 0 Å². The minimum atomic E-state index is -3.25. The molecule has 0 saturated heterocycles. The highest BCUT2D eigenvalue weighted by Crippen LogP contribution is 2.27. The molecular formula is C24H27FN4O4S. The highest BCUT2D eigenvalue weighted by Gasteiger charge is 2.19. The van der Waals surface area contributed by atoms with Crippen LogP contribution in [0.2, 0.25) is 0 Å². The molecule has 2 heterocycles. The lowest BCUT2D eigenvalue weighted by Crippen LogP contribution is -2.13. The number of carbonyl (C=O) groups excluding carboxylic acids is 1. The van der Waals surface area contributed by atoms with Crippen LogP contribution in [0.4, 0.5) is 10.1 Å². The van der Waals surface area contributed by atoms with Gasteiger partial charge in [0.2, 0.25) is 5.91 Å². The fourth-order valence-corrected chi connectivity index (χ4v) is 4.52. The van der Waals surface area contributed by atoms with E-state index in [2.05, 4.69) is 15.5 Å². The molecule has 1 amide bonds. The second kappa shape index (κ2) is 10.3. The number of aromatic nitrogens is 3. The molecule has 180 valence electrons. The summed E-state index contributed by atoms with van der Waals surface area (Å²) in [6.45, 7) is 1.05. The largest absolute Gasteiger partial charge is 0.494 e. The summed E-state index contributed by atoms with van der Waals surface area (Å²) in [5.74, 6) is 1.26. The van der Waals surface area contributed by atoms with Crippen LogP contribution in [0.1, 0.15) is 37.9 Å². The number of sulfone groups is 1. The van der Waals surface area contributed by atoms with Crippen LogP contribution in [0.5, 0.6) is 5.75 Å². The lowest BCUT2D eigenvalue weighted by atomic mass is 10.1. The molecule has 1 aliphatic rings. The average molecular weight is 487 g/mol. The summed E-state index contributed by atoms with van der Waals surface area (Å²) in [4.78, 5) is 12.6. The summed E-state index contributed by atoms with van der Waals surface area (Å²) >= 11 is 0. The maximum atomic E-state index is 14.6. The summed E-state index contributed by atoms with van der Waals surface area (Å²) in [7, 11) is -3.25. The molecule has 0 radical (unpaired) electrons. The average Bonchev–Trinajstić information content (AvgIpc) is 3.05. The topological polar surface area (TPSA) is 103 Å². The van der Waals surface area contributed by atoms with Gasteiger partial charge in [-0.3, -0.25) is 4.79 Å². The van der Waals surface area contributed by atoms with Crippen molar-refractivity contribution in [2.45, 2.75) is 50.0 Å². The minimum absolute atomic E-state index is 0.214. The lowest BCUT2D eigenvalue weighted by Gasteiger charge is -2.11.